The number of carbonyl (C=O) groups is 2. The molecule has 0 radical (unpaired) electrons. The Labute approximate surface area is 147 Å². The Bertz CT molecular complexity index is 696. The van der Waals surface area contributed by atoms with Gasteiger partial charge >= 0.3 is 12.0 Å². The fourth-order valence-corrected chi connectivity index (χ4v) is 3.50. The summed E-state index contributed by atoms with van der Waals surface area (Å²) in [6.07, 6.45) is 2.99. The number of rotatable bonds is 4. The van der Waals surface area contributed by atoms with E-state index in [1.165, 1.54) is 0 Å². The molecular formula is C19H24N2O4. The smallest absolute Gasteiger partial charge is 0.338 e. The van der Waals surface area contributed by atoms with Crippen LogP contribution in [0.5, 0.6) is 5.75 Å². The fraction of sp³-hybridized carbons (Fsp3) is 0.474. The number of carbonyl (C=O) groups excluding carboxylic acids is 2. The molecule has 1 heterocycles. The SMILES string of the molecule is COc1ccc([C@@H]2NC(=O)NC(C)=C2C(=O)O[C@@H]2CCC[C@H]2C)cc1. The predicted octanol–water partition coefficient (Wildman–Crippen LogP) is 3.05. The van der Waals surface area contributed by atoms with Crippen LogP contribution in [0.15, 0.2) is 35.5 Å². The van der Waals surface area contributed by atoms with Crippen LogP contribution in [0.3, 0.4) is 0 Å². The highest BCUT2D eigenvalue weighted by molar-refractivity contribution is 5.95. The normalized spacial score (nSPS) is 26.0. The molecule has 1 saturated carbocycles. The Balaban J connectivity index is 1.87. The van der Waals surface area contributed by atoms with Crippen molar-refractivity contribution in [3.8, 4) is 5.75 Å². The summed E-state index contributed by atoms with van der Waals surface area (Å²) in [5.74, 6) is 0.716. The number of allylic oxidation sites excluding steroid dienone is 1. The van der Waals surface area contributed by atoms with E-state index in [1.807, 2.05) is 12.1 Å². The van der Waals surface area contributed by atoms with Crippen LogP contribution in [0.4, 0.5) is 4.79 Å². The number of nitrogens with one attached hydrogen (secondary N) is 2. The lowest BCUT2D eigenvalue weighted by Crippen LogP contribution is -2.45. The number of methoxy groups -OCH3 is 1. The summed E-state index contributed by atoms with van der Waals surface area (Å²) in [7, 11) is 1.59. The second kappa shape index (κ2) is 7.17. The van der Waals surface area contributed by atoms with Crippen LogP contribution in [-0.2, 0) is 9.53 Å². The Kier molecular flexibility index (Phi) is 4.97. The second-order valence-electron chi connectivity index (χ2n) is 6.70. The number of benzene rings is 1. The number of hydrogen-bond donors (Lipinski definition) is 2. The molecule has 25 heavy (non-hydrogen) atoms. The molecule has 134 valence electrons. The highest BCUT2D eigenvalue weighted by Crippen LogP contribution is 2.32. The second-order valence-corrected chi connectivity index (χ2v) is 6.70. The van der Waals surface area contributed by atoms with Gasteiger partial charge in [0.2, 0.25) is 0 Å². The third-order valence-electron chi connectivity index (χ3n) is 4.98. The van der Waals surface area contributed by atoms with Crippen LogP contribution in [-0.4, -0.2) is 25.2 Å². The minimum absolute atomic E-state index is 0.0538. The van der Waals surface area contributed by atoms with E-state index in [0.717, 1.165) is 24.8 Å². The van der Waals surface area contributed by atoms with E-state index in [4.69, 9.17) is 9.47 Å². The third kappa shape index (κ3) is 3.62. The zero-order valence-electron chi connectivity index (χ0n) is 14.8. The maximum atomic E-state index is 12.8. The lowest BCUT2D eigenvalue weighted by molar-refractivity contribution is -0.146. The van der Waals surface area contributed by atoms with Gasteiger partial charge in [0.05, 0.1) is 18.7 Å². The summed E-state index contributed by atoms with van der Waals surface area (Å²) in [4.78, 5) is 24.7. The van der Waals surface area contributed by atoms with E-state index < -0.39 is 6.04 Å². The van der Waals surface area contributed by atoms with E-state index in [2.05, 4.69) is 17.6 Å². The molecular weight excluding hydrogens is 320 g/mol. The molecule has 1 aromatic carbocycles. The first-order valence-electron chi connectivity index (χ1n) is 8.63. The molecule has 1 aliphatic heterocycles. The molecule has 2 aliphatic rings. The van der Waals surface area contributed by atoms with Crippen molar-refractivity contribution in [1.82, 2.24) is 10.6 Å². The molecule has 1 aliphatic carbocycles. The highest BCUT2D eigenvalue weighted by atomic mass is 16.5. The summed E-state index contributed by atoms with van der Waals surface area (Å²) in [5, 5.41) is 5.49. The number of hydrogen-bond acceptors (Lipinski definition) is 4. The quantitative estimate of drug-likeness (QED) is 0.823. The molecule has 0 bridgehead atoms. The summed E-state index contributed by atoms with van der Waals surface area (Å²) < 4.78 is 10.9. The lowest BCUT2D eigenvalue weighted by Gasteiger charge is -2.29. The molecule has 2 N–H and O–H groups in total. The van der Waals surface area contributed by atoms with E-state index in [9.17, 15) is 9.59 Å². The summed E-state index contributed by atoms with van der Waals surface area (Å²) in [6.45, 7) is 3.83. The molecule has 1 fully saturated rings. The van der Waals surface area contributed by atoms with Gasteiger partial charge in [-0.1, -0.05) is 19.1 Å². The molecule has 6 nitrogen and oxygen atoms in total. The number of esters is 1. The molecule has 3 rings (SSSR count). The molecule has 0 spiro atoms. The molecule has 3 atom stereocenters. The van der Waals surface area contributed by atoms with E-state index in [-0.39, 0.29) is 18.1 Å². The summed E-state index contributed by atoms with van der Waals surface area (Å²) in [5.41, 5.74) is 1.78. The zero-order valence-corrected chi connectivity index (χ0v) is 14.8. The average molecular weight is 344 g/mol. The predicted molar refractivity (Wildman–Crippen MR) is 93.0 cm³/mol. The van der Waals surface area contributed by atoms with Crippen molar-refractivity contribution in [2.75, 3.05) is 7.11 Å². The molecule has 1 aromatic rings. The number of amides is 2. The van der Waals surface area contributed by atoms with E-state index in [0.29, 0.717) is 22.9 Å². The van der Waals surface area contributed by atoms with Crippen LogP contribution in [0.25, 0.3) is 0 Å². The van der Waals surface area contributed by atoms with Gasteiger partial charge in [0.25, 0.3) is 0 Å². The van der Waals surface area contributed by atoms with Gasteiger partial charge in [-0.3, -0.25) is 0 Å². The maximum absolute atomic E-state index is 12.8. The minimum atomic E-state index is -0.538. The van der Waals surface area contributed by atoms with Crippen molar-refractivity contribution in [1.29, 1.82) is 0 Å². The van der Waals surface area contributed by atoms with Crippen molar-refractivity contribution in [2.45, 2.75) is 45.3 Å². The van der Waals surface area contributed by atoms with E-state index >= 15 is 0 Å². The van der Waals surface area contributed by atoms with Crippen LogP contribution in [0.1, 0.15) is 44.7 Å². The van der Waals surface area contributed by atoms with Crippen molar-refractivity contribution >= 4 is 12.0 Å². The number of ether oxygens (including phenoxy) is 2. The van der Waals surface area contributed by atoms with Gasteiger partial charge in [-0.2, -0.15) is 0 Å². The van der Waals surface area contributed by atoms with Gasteiger partial charge in [-0.25, -0.2) is 9.59 Å². The Morgan fingerprint density at radius 1 is 1.20 bits per heavy atom. The van der Waals surface area contributed by atoms with Gasteiger partial charge < -0.3 is 20.1 Å². The van der Waals surface area contributed by atoms with Gasteiger partial charge in [0, 0.05) is 5.70 Å². The average Bonchev–Trinajstić information content (AvgIpc) is 2.99. The molecule has 0 aromatic heterocycles. The Hall–Kier alpha value is -2.50. The first kappa shape index (κ1) is 17.3. The van der Waals surface area contributed by atoms with E-state index in [1.54, 1.807) is 26.2 Å². The van der Waals surface area contributed by atoms with Gasteiger partial charge in [-0.15, -0.1) is 0 Å². The number of urea groups is 1. The lowest BCUT2D eigenvalue weighted by atomic mass is 9.95. The Morgan fingerprint density at radius 3 is 2.52 bits per heavy atom. The van der Waals surface area contributed by atoms with Gasteiger partial charge in [-0.05, 0) is 49.8 Å². The first-order chi connectivity index (χ1) is 12.0. The Morgan fingerprint density at radius 2 is 1.92 bits per heavy atom. The minimum Gasteiger partial charge on any atom is -0.497 e. The van der Waals surface area contributed by atoms with Gasteiger partial charge in [0.1, 0.15) is 11.9 Å². The fourth-order valence-electron chi connectivity index (χ4n) is 3.50. The van der Waals surface area contributed by atoms with Crippen LogP contribution in [0.2, 0.25) is 0 Å². The van der Waals surface area contributed by atoms with Crippen molar-refractivity contribution in [3.05, 3.63) is 41.1 Å². The molecule has 0 unspecified atom stereocenters. The maximum Gasteiger partial charge on any atom is 0.338 e. The zero-order chi connectivity index (χ0) is 18.0. The van der Waals surface area contributed by atoms with Gasteiger partial charge in [0.15, 0.2) is 0 Å². The summed E-state index contributed by atoms with van der Waals surface area (Å²) >= 11 is 0. The largest absolute Gasteiger partial charge is 0.497 e. The standard InChI is InChI=1S/C19H24N2O4/c1-11-5-4-6-15(11)25-18(22)16-12(2)20-19(23)21-17(16)13-7-9-14(24-3)10-8-13/h7-11,15,17H,4-6H2,1-3H3,(H2,20,21,23)/t11-,15-,17+/m1/s1. The van der Waals surface area contributed by atoms with Crippen LogP contribution in [0, 0.1) is 5.92 Å². The molecule has 6 heteroatoms. The topological polar surface area (TPSA) is 76.7 Å². The summed E-state index contributed by atoms with van der Waals surface area (Å²) in [6, 6.07) is 6.43. The third-order valence-corrected chi connectivity index (χ3v) is 4.98. The van der Waals surface area contributed by atoms with Crippen molar-refractivity contribution in [3.63, 3.8) is 0 Å². The van der Waals surface area contributed by atoms with Crippen LogP contribution >= 0.6 is 0 Å². The van der Waals surface area contributed by atoms with Crippen molar-refractivity contribution < 1.29 is 19.1 Å². The molecule has 0 saturated heterocycles. The first-order valence-corrected chi connectivity index (χ1v) is 8.63. The van der Waals surface area contributed by atoms with Crippen LogP contribution < -0.4 is 15.4 Å². The van der Waals surface area contributed by atoms with Crippen molar-refractivity contribution in [2.24, 2.45) is 5.92 Å². The molecule has 2 amide bonds. The highest BCUT2D eigenvalue weighted by Gasteiger charge is 2.35. The monoisotopic (exact) mass is 344 g/mol.